The number of benzene rings is 2. The van der Waals surface area contributed by atoms with Crippen LogP contribution < -0.4 is 10.0 Å². The van der Waals surface area contributed by atoms with Crippen LogP contribution in [-0.2, 0) is 23.1 Å². The molecule has 0 atom stereocenters. The fourth-order valence-electron chi connectivity index (χ4n) is 2.41. The van der Waals surface area contributed by atoms with E-state index in [4.69, 9.17) is 0 Å². The van der Waals surface area contributed by atoms with Crippen LogP contribution in [0, 0.1) is 0 Å². The van der Waals surface area contributed by atoms with Gasteiger partial charge in [0.05, 0.1) is 0 Å². The molecule has 0 saturated heterocycles. The summed E-state index contributed by atoms with van der Waals surface area (Å²) in [6, 6.07) is 13.6. The molecule has 2 aromatic rings. The van der Waals surface area contributed by atoms with Gasteiger partial charge in [0.2, 0.25) is 0 Å². The van der Waals surface area contributed by atoms with Crippen molar-refractivity contribution in [1.29, 1.82) is 0 Å². The predicted octanol–water partition coefficient (Wildman–Crippen LogP) is 3.77. The molecule has 2 rings (SSSR count). The van der Waals surface area contributed by atoms with E-state index < -0.39 is 10.2 Å². The van der Waals surface area contributed by atoms with Crippen molar-refractivity contribution in [3.8, 4) is 0 Å². The maximum absolute atomic E-state index is 11.8. The highest BCUT2D eigenvalue weighted by atomic mass is 32.2. The molecule has 2 N–H and O–H groups in total. The van der Waals surface area contributed by atoms with E-state index in [2.05, 4.69) is 42.1 Å². The number of hydrogen-bond donors (Lipinski definition) is 2. The van der Waals surface area contributed by atoms with Crippen LogP contribution >= 0.6 is 0 Å². The summed E-state index contributed by atoms with van der Waals surface area (Å²) in [5.74, 6) is 0. The Morgan fingerprint density at radius 1 is 0.875 bits per heavy atom. The molecule has 6 heteroatoms. The zero-order chi connectivity index (χ0) is 17.7. The van der Waals surface area contributed by atoms with E-state index in [-0.39, 0.29) is 0 Å². The highest BCUT2D eigenvalue weighted by molar-refractivity contribution is 7.90. The van der Waals surface area contributed by atoms with Crippen molar-refractivity contribution in [3.63, 3.8) is 0 Å². The van der Waals surface area contributed by atoms with Crippen LogP contribution in [0.5, 0.6) is 0 Å². The van der Waals surface area contributed by atoms with Crippen molar-refractivity contribution < 1.29 is 8.42 Å². The molecule has 0 spiro atoms. The summed E-state index contributed by atoms with van der Waals surface area (Å²) in [5.41, 5.74) is 5.15. The maximum atomic E-state index is 11.8. The van der Waals surface area contributed by atoms with Gasteiger partial charge in [0.25, 0.3) is 0 Å². The Morgan fingerprint density at radius 2 is 1.38 bits per heavy atom. The van der Waals surface area contributed by atoms with Gasteiger partial charge in [0, 0.05) is 31.2 Å². The van der Waals surface area contributed by atoms with E-state index in [0.29, 0.717) is 5.69 Å². The molecule has 130 valence electrons. The van der Waals surface area contributed by atoms with Crippen LogP contribution in [0.3, 0.4) is 0 Å². The average Bonchev–Trinajstić information content (AvgIpc) is 2.56. The molecule has 0 amide bonds. The normalized spacial score (nSPS) is 11.5. The van der Waals surface area contributed by atoms with Gasteiger partial charge in [0.1, 0.15) is 0 Å². The minimum Gasteiger partial charge on any atom is -0.355 e. The van der Waals surface area contributed by atoms with Crippen molar-refractivity contribution in [2.24, 2.45) is 0 Å². The number of anilines is 3. The Balaban J connectivity index is 2.21. The summed E-state index contributed by atoms with van der Waals surface area (Å²) in [7, 11) is -0.497. The van der Waals surface area contributed by atoms with Gasteiger partial charge in [-0.05, 0) is 48.2 Å². The second-order valence-electron chi connectivity index (χ2n) is 5.75. The van der Waals surface area contributed by atoms with Gasteiger partial charge in [0.15, 0.2) is 0 Å². The Labute approximate surface area is 144 Å². The van der Waals surface area contributed by atoms with E-state index >= 15 is 0 Å². The maximum Gasteiger partial charge on any atom is 0.301 e. The third kappa shape index (κ3) is 4.27. The SMILES string of the molecule is CCc1cccc(CC)c1Nc1ccc(NS(=O)(=O)N(C)C)cc1. The number of nitrogens with one attached hydrogen (secondary N) is 2. The number of para-hydroxylation sites is 1. The molecule has 0 heterocycles. The fourth-order valence-corrected chi connectivity index (χ4v) is 3.03. The molecule has 0 fully saturated rings. The second kappa shape index (κ2) is 7.68. The fraction of sp³-hybridized carbons (Fsp3) is 0.333. The molecule has 5 nitrogen and oxygen atoms in total. The van der Waals surface area contributed by atoms with Crippen LogP contribution in [0.15, 0.2) is 42.5 Å². The molecular formula is C18H25N3O2S. The third-order valence-corrected chi connectivity index (χ3v) is 5.34. The number of rotatable bonds is 7. The standard InChI is InChI=1S/C18H25N3O2S/c1-5-14-8-7-9-15(6-2)18(14)19-16-10-12-17(13-11-16)20-24(22,23)21(3)4/h7-13,19-20H,5-6H2,1-4H3. The highest BCUT2D eigenvalue weighted by Gasteiger charge is 2.13. The molecule has 0 aliphatic heterocycles. The Bertz CT molecular complexity index is 762. The van der Waals surface area contributed by atoms with E-state index in [0.717, 1.165) is 28.5 Å². The number of aryl methyl sites for hydroxylation is 2. The lowest BCUT2D eigenvalue weighted by Gasteiger charge is -2.16. The molecule has 0 aromatic heterocycles. The summed E-state index contributed by atoms with van der Waals surface area (Å²) in [5, 5.41) is 3.47. The predicted molar refractivity (Wildman–Crippen MR) is 101 cm³/mol. The Hall–Kier alpha value is -2.05. The minimum atomic E-state index is -3.48. The lowest BCUT2D eigenvalue weighted by molar-refractivity contribution is 0.527. The first-order valence-electron chi connectivity index (χ1n) is 8.05. The number of nitrogens with zero attached hydrogens (tertiary/aromatic N) is 1. The van der Waals surface area contributed by atoms with E-state index in [1.54, 1.807) is 12.1 Å². The molecule has 0 aliphatic carbocycles. The molecule has 0 saturated carbocycles. The van der Waals surface area contributed by atoms with Gasteiger partial charge in [-0.3, -0.25) is 4.72 Å². The van der Waals surface area contributed by atoms with Crippen LogP contribution in [0.2, 0.25) is 0 Å². The molecule has 0 radical (unpaired) electrons. The van der Waals surface area contributed by atoms with E-state index in [1.807, 2.05) is 12.1 Å². The summed E-state index contributed by atoms with van der Waals surface area (Å²) < 4.78 is 27.4. The Morgan fingerprint density at radius 3 is 1.83 bits per heavy atom. The Kier molecular flexibility index (Phi) is 5.85. The minimum absolute atomic E-state index is 0.536. The van der Waals surface area contributed by atoms with Crippen molar-refractivity contribution >= 4 is 27.3 Å². The third-order valence-electron chi connectivity index (χ3n) is 3.88. The van der Waals surface area contributed by atoms with E-state index in [9.17, 15) is 8.42 Å². The van der Waals surface area contributed by atoms with Crippen LogP contribution in [-0.4, -0.2) is 26.8 Å². The van der Waals surface area contributed by atoms with Gasteiger partial charge >= 0.3 is 10.2 Å². The summed E-state index contributed by atoms with van der Waals surface area (Å²) >= 11 is 0. The lowest BCUT2D eigenvalue weighted by Crippen LogP contribution is -2.28. The number of hydrogen-bond acceptors (Lipinski definition) is 3. The average molecular weight is 347 g/mol. The first-order chi connectivity index (χ1) is 11.4. The quantitative estimate of drug-likeness (QED) is 0.801. The molecule has 24 heavy (non-hydrogen) atoms. The zero-order valence-electron chi connectivity index (χ0n) is 14.6. The van der Waals surface area contributed by atoms with Crippen molar-refractivity contribution in [3.05, 3.63) is 53.6 Å². The van der Waals surface area contributed by atoms with Gasteiger partial charge < -0.3 is 5.32 Å². The first kappa shape index (κ1) is 18.3. The second-order valence-corrected chi connectivity index (χ2v) is 7.63. The lowest BCUT2D eigenvalue weighted by atomic mass is 10.0. The van der Waals surface area contributed by atoms with Gasteiger partial charge in [-0.1, -0.05) is 32.0 Å². The highest BCUT2D eigenvalue weighted by Crippen LogP contribution is 2.27. The summed E-state index contributed by atoms with van der Waals surface area (Å²) in [4.78, 5) is 0. The monoisotopic (exact) mass is 347 g/mol. The molecule has 2 aromatic carbocycles. The van der Waals surface area contributed by atoms with Gasteiger partial charge in [-0.25, -0.2) is 0 Å². The largest absolute Gasteiger partial charge is 0.355 e. The first-order valence-corrected chi connectivity index (χ1v) is 9.49. The van der Waals surface area contributed by atoms with Crippen molar-refractivity contribution in [2.45, 2.75) is 26.7 Å². The topological polar surface area (TPSA) is 61.4 Å². The zero-order valence-corrected chi connectivity index (χ0v) is 15.4. The summed E-state index contributed by atoms with van der Waals surface area (Å²) in [6.07, 6.45) is 1.91. The smallest absolute Gasteiger partial charge is 0.301 e. The van der Waals surface area contributed by atoms with Crippen molar-refractivity contribution in [1.82, 2.24) is 4.31 Å². The van der Waals surface area contributed by atoms with Crippen molar-refractivity contribution in [2.75, 3.05) is 24.1 Å². The van der Waals surface area contributed by atoms with E-state index in [1.165, 1.54) is 25.2 Å². The molecular weight excluding hydrogens is 322 g/mol. The van der Waals surface area contributed by atoms with Crippen LogP contribution in [0.4, 0.5) is 17.1 Å². The van der Waals surface area contributed by atoms with Crippen LogP contribution in [0.25, 0.3) is 0 Å². The molecule has 0 unspecified atom stereocenters. The van der Waals surface area contributed by atoms with Gasteiger partial charge in [-0.15, -0.1) is 0 Å². The molecule has 0 aliphatic rings. The summed E-state index contributed by atoms with van der Waals surface area (Å²) in [6.45, 7) is 4.28. The van der Waals surface area contributed by atoms with Gasteiger partial charge in [-0.2, -0.15) is 12.7 Å². The molecule has 0 bridgehead atoms. The van der Waals surface area contributed by atoms with Crippen LogP contribution in [0.1, 0.15) is 25.0 Å².